The number of unbranched alkanes of at least 4 members (excludes halogenated alkanes) is 9. The summed E-state index contributed by atoms with van der Waals surface area (Å²) in [4.78, 5) is 13.8. The molecule has 126 valence electrons. The van der Waals surface area contributed by atoms with Crippen molar-refractivity contribution in [2.24, 2.45) is 5.92 Å². The largest absolute Gasteiger partial charge is 0.395 e. The van der Waals surface area contributed by atoms with Crippen LogP contribution in [0.4, 0.5) is 0 Å². The SMILES string of the molecule is CCCCCCCCCCCCN(CCO)C(=O)C(C)C. The molecule has 0 aliphatic heterocycles. The van der Waals surface area contributed by atoms with E-state index in [1.54, 1.807) is 0 Å². The zero-order valence-corrected chi connectivity index (χ0v) is 14.6. The molecule has 3 nitrogen and oxygen atoms in total. The van der Waals surface area contributed by atoms with Crippen molar-refractivity contribution in [1.82, 2.24) is 4.90 Å². The summed E-state index contributed by atoms with van der Waals surface area (Å²) >= 11 is 0. The topological polar surface area (TPSA) is 40.5 Å². The van der Waals surface area contributed by atoms with Crippen molar-refractivity contribution in [3.05, 3.63) is 0 Å². The number of aliphatic hydroxyl groups is 1. The van der Waals surface area contributed by atoms with Gasteiger partial charge in [-0.1, -0.05) is 78.6 Å². The highest BCUT2D eigenvalue weighted by atomic mass is 16.3. The molecule has 0 aliphatic carbocycles. The molecule has 0 fully saturated rings. The van der Waals surface area contributed by atoms with E-state index in [2.05, 4.69) is 6.92 Å². The highest BCUT2D eigenvalue weighted by Crippen LogP contribution is 2.11. The summed E-state index contributed by atoms with van der Waals surface area (Å²) < 4.78 is 0. The molecule has 0 atom stereocenters. The summed E-state index contributed by atoms with van der Waals surface area (Å²) in [5.41, 5.74) is 0. The van der Waals surface area contributed by atoms with Gasteiger partial charge in [-0.2, -0.15) is 0 Å². The smallest absolute Gasteiger partial charge is 0.225 e. The summed E-state index contributed by atoms with van der Waals surface area (Å²) in [7, 11) is 0. The average Bonchev–Trinajstić information content (AvgIpc) is 2.47. The third-order valence-electron chi connectivity index (χ3n) is 3.96. The van der Waals surface area contributed by atoms with Crippen molar-refractivity contribution in [1.29, 1.82) is 0 Å². The van der Waals surface area contributed by atoms with Crippen LogP contribution in [0.15, 0.2) is 0 Å². The Labute approximate surface area is 132 Å². The van der Waals surface area contributed by atoms with Crippen LogP contribution in [0.2, 0.25) is 0 Å². The van der Waals surface area contributed by atoms with E-state index in [1.807, 2.05) is 18.7 Å². The zero-order valence-electron chi connectivity index (χ0n) is 14.6. The Morgan fingerprint density at radius 3 is 1.76 bits per heavy atom. The molecule has 0 heterocycles. The first-order chi connectivity index (χ1) is 10.1. The number of carbonyl (C=O) groups is 1. The number of amides is 1. The van der Waals surface area contributed by atoms with Crippen LogP contribution in [0.3, 0.4) is 0 Å². The molecular formula is C18H37NO2. The van der Waals surface area contributed by atoms with E-state index in [4.69, 9.17) is 5.11 Å². The summed E-state index contributed by atoms with van der Waals surface area (Å²) in [6.45, 7) is 7.44. The molecule has 0 rings (SSSR count). The van der Waals surface area contributed by atoms with Gasteiger partial charge < -0.3 is 10.0 Å². The van der Waals surface area contributed by atoms with Gasteiger partial charge in [0.1, 0.15) is 0 Å². The Balaban J connectivity index is 3.52. The van der Waals surface area contributed by atoms with E-state index in [1.165, 1.54) is 57.8 Å². The minimum Gasteiger partial charge on any atom is -0.395 e. The van der Waals surface area contributed by atoms with Crippen LogP contribution in [-0.4, -0.2) is 35.6 Å². The van der Waals surface area contributed by atoms with E-state index in [-0.39, 0.29) is 18.4 Å². The fourth-order valence-corrected chi connectivity index (χ4v) is 2.61. The lowest BCUT2D eigenvalue weighted by molar-refractivity contribution is -0.135. The Morgan fingerprint density at radius 1 is 0.857 bits per heavy atom. The maximum atomic E-state index is 11.9. The van der Waals surface area contributed by atoms with Crippen molar-refractivity contribution < 1.29 is 9.90 Å². The van der Waals surface area contributed by atoms with Crippen LogP contribution in [0, 0.1) is 5.92 Å². The molecule has 21 heavy (non-hydrogen) atoms. The van der Waals surface area contributed by atoms with Crippen molar-refractivity contribution in [3.63, 3.8) is 0 Å². The van der Waals surface area contributed by atoms with E-state index >= 15 is 0 Å². The minimum atomic E-state index is 0.0275. The number of nitrogens with zero attached hydrogens (tertiary/aromatic N) is 1. The van der Waals surface area contributed by atoms with Crippen LogP contribution in [0.1, 0.15) is 85.0 Å². The van der Waals surface area contributed by atoms with E-state index < -0.39 is 0 Å². The quantitative estimate of drug-likeness (QED) is 0.483. The van der Waals surface area contributed by atoms with Crippen molar-refractivity contribution in [2.75, 3.05) is 19.7 Å². The van der Waals surface area contributed by atoms with Gasteiger partial charge in [-0.25, -0.2) is 0 Å². The maximum absolute atomic E-state index is 11.9. The summed E-state index contributed by atoms with van der Waals surface area (Å²) in [6, 6.07) is 0. The predicted octanol–water partition coefficient (Wildman–Crippen LogP) is 4.38. The normalized spacial score (nSPS) is 11.1. The van der Waals surface area contributed by atoms with Gasteiger partial charge in [0.15, 0.2) is 0 Å². The average molecular weight is 299 g/mol. The molecule has 0 bridgehead atoms. The lowest BCUT2D eigenvalue weighted by atomic mass is 10.1. The van der Waals surface area contributed by atoms with Gasteiger partial charge in [0.25, 0.3) is 0 Å². The lowest BCUT2D eigenvalue weighted by Crippen LogP contribution is -2.37. The highest BCUT2D eigenvalue weighted by molar-refractivity contribution is 5.78. The molecule has 0 radical (unpaired) electrons. The first kappa shape index (κ1) is 20.4. The molecule has 1 N–H and O–H groups in total. The third-order valence-corrected chi connectivity index (χ3v) is 3.96. The van der Waals surface area contributed by atoms with Gasteiger partial charge in [0.2, 0.25) is 5.91 Å². The number of hydrogen-bond acceptors (Lipinski definition) is 2. The van der Waals surface area contributed by atoms with Crippen LogP contribution in [0.5, 0.6) is 0 Å². The predicted molar refractivity (Wildman–Crippen MR) is 90.3 cm³/mol. The second-order valence-electron chi connectivity index (χ2n) is 6.39. The minimum absolute atomic E-state index is 0.0275. The first-order valence-corrected chi connectivity index (χ1v) is 9.03. The lowest BCUT2D eigenvalue weighted by Gasteiger charge is -2.23. The van der Waals surface area contributed by atoms with Gasteiger partial charge in [0.05, 0.1) is 6.61 Å². The highest BCUT2D eigenvalue weighted by Gasteiger charge is 2.15. The summed E-state index contributed by atoms with van der Waals surface area (Å²) in [5.74, 6) is 0.194. The molecule has 0 saturated heterocycles. The number of rotatable bonds is 14. The molecule has 0 aromatic heterocycles. The van der Waals surface area contributed by atoms with Gasteiger partial charge in [0, 0.05) is 19.0 Å². The number of carbonyl (C=O) groups excluding carboxylic acids is 1. The maximum Gasteiger partial charge on any atom is 0.225 e. The Morgan fingerprint density at radius 2 is 1.33 bits per heavy atom. The summed E-state index contributed by atoms with van der Waals surface area (Å²) in [6.07, 6.45) is 13.1. The molecule has 0 aromatic rings. The van der Waals surface area contributed by atoms with Gasteiger partial charge in [-0.3, -0.25) is 4.79 Å². The van der Waals surface area contributed by atoms with Crippen LogP contribution in [0.25, 0.3) is 0 Å². The Kier molecular flexibility index (Phi) is 14.0. The van der Waals surface area contributed by atoms with Crippen molar-refractivity contribution in [3.8, 4) is 0 Å². The Bertz CT molecular complexity index is 241. The van der Waals surface area contributed by atoms with Gasteiger partial charge >= 0.3 is 0 Å². The monoisotopic (exact) mass is 299 g/mol. The molecule has 0 aliphatic rings. The van der Waals surface area contributed by atoms with E-state index in [0.717, 1.165) is 13.0 Å². The number of aliphatic hydroxyl groups excluding tert-OH is 1. The van der Waals surface area contributed by atoms with Gasteiger partial charge in [-0.15, -0.1) is 0 Å². The number of hydrogen-bond donors (Lipinski definition) is 1. The van der Waals surface area contributed by atoms with Gasteiger partial charge in [-0.05, 0) is 6.42 Å². The van der Waals surface area contributed by atoms with E-state index in [9.17, 15) is 4.79 Å². The summed E-state index contributed by atoms with van der Waals surface area (Å²) in [5, 5.41) is 9.03. The molecule has 3 heteroatoms. The standard InChI is InChI=1S/C18H37NO2/c1-4-5-6-7-8-9-10-11-12-13-14-19(15-16-20)18(21)17(2)3/h17,20H,4-16H2,1-3H3. The molecule has 0 aromatic carbocycles. The zero-order chi connectivity index (χ0) is 15.9. The molecule has 0 unspecified atom stereocenters. The second kappa shape index (κ2) is 14.4. The molecular weight excluding hydrogens is 262 g/mol. The van der Waals surface area contributed by atoms with Crippen LogP contribution >= 0.6 is 0 Å². The molecule has 0 spiro atoms. The van der Waals surface area contributed by atoms with Crippen LogP contribution in [-0.2, 0) is 4.79 Å². The molecule has 1 amide bonds. The second-order valence-corrected chi connectivity index (χ2v) is 6.39. The van der Waals surface area contributed by atoms with Crippen molar-refractivity contribution >= 4 is 5.91 Å². The first-order valence-electron chi connectivity index (χ1n) is 9.03. The molecule has 0 saturated carbocycles. The Hall–Kier alpha value is -0.570. The third kappa shape index (κ3) is 11.7. The van der Waals surface area contributed by atoms with Crippen LogP contribution < -0.4 is 0 Å². The fourth-order valence-electron chi connectivity index (χ4n) is 2.61. The van der Waals surface area contributed by atoms with E-state index in [0.29, 0.717) is 6.54 Å². The van der Waals surface area contributed by atoms with Crippen molar-refractivity contribution in [2.45, 2.75) is 85.0 Å². The fraction of sp³-hybridized carbons (Fsp3) is 0.944.